The molecule has 0 aromatic carbocycles. The Morgan fingerprint density at radius 1 is 1.04 bits per heavy atom. The molecule has 2 saturated heterocycles. The van der Waals surface area contributed by atoms with Gasteiger partial charge in [-0.2, -0.15) is 0 Å². The van der Waals surface area contributed by atoms with Crippen molar-refractivity contribution in [1.29, 1.82) is 0 Å². The van der Waals surface area contributed by atoms with Gasteiger partial charge in [-0.15, -0.1) is 0 Å². The van der Waals surface area contributed by atoms with Gasteiger partial charge in [-0.1, -0.05) is 0 Å². The first kappa shape index (κ1) is 20.0. The van der Waals surface area contributed by atoms with Crippen LogP contribution in [0.5, 0.6) is 0 Å². The van der Waals surface area contributed by atoms with Gasteiger partial charge in [0.25, 0.3) is 0 Å². The van der Waals surface area contributed by atoms with E-state index in [9.17, 15) is 9.59 Å². The van der Waals surface area contributed by atoms with Crippen LogP contribution >= 0.6 is 0 Å². The highest BCUT2D eigenvalue weighted by Crippen LogP contribution is 2.39. The number of likely N-dealkylation sites (tertiary alicyclic amines) is 2. The number of hydrogen-bond donors (Lipinski definition) is 0. The van der Waals surface area contributed by atoms with E-state index < -0.39 is 0 Å². The first-order valence-electron chi connectivity index (χ1n) is 9.32. The summed E-state index contributed by atoms with van der Waals surface area (Å²) in [5.74, 6) is -0.321. The van der Waals surface area contributed by atoms with Crippen molar-refractivity contribution in [2.45, 2.75) is 76.9 Å². The van der Waals surface area contributed by atoms with E-state index in [2.05, 4.69) is 32.6 Å². The Kier molecular flexibility index (Phi) is 6.02. The number of piperidine rings is 2. The third-order valence-corrected chi connectivity index (χ3v) is 6.09. The summed E-state index contributed by atoms with van der Waals surface area (Å²) < 4.78 is 9.93. The van der Waals surface area contributed by atoms with Gasteiger partial charge in [0.1, 0.15) is 0 Å². The molecule has 0 aliphatic carbocycles. The molecule has 2 fully saturated rings. The predicted molar refractivity (Wildman–Crippen MR) is 96.4 cm³/mol. The third kappa shape index (κ3) is 4.27. The minimum Gasteiger partial charge on any atom is -0.469 e. The number of carbonyl (C=O) groups is 2. The standard InChI is InChI=1S/C19H34N2O4/c1-18(2)9-7-10-19(3,4)21(18)13-15-12-14(16(22)24-5)8-11-20(15)17(23)25-6/h14-15H,7-13H2,1-6H3/t14-,15-/m1/s1. The Morgan fingerprint density at radius 3 is 2.16 bits per heavy atom. The van der Waals surface area contributed by atoms with Gasteiger partial charge in [-0.25, -0.2) is 4.79 Å². The summed E-state index contributed by atoms with van der Waals surface area (Å²) in [4.78, 5) is 28.6. The molecule has 0 saturated carbocycles. The van der Waals surface area contributed by atoms with E-state index in [0.29, 0.717) is 19.4 Å². The van der Waals surface area contributed by atoms with Crippen molar-refractivity contribution in [2.75, 3.05) is 27.3 Å². The van der Waals surface area contributed by atoms with Crippen LogP contribution < -0.4 is 0 Å². The van der Waals surface area contributed by atoms with Gasteiger partial charge in [0.2, 0.25) is 0 Å². The average molecular weight is 354 g/mol. The molecule has 0 spiro atoms. The fourth-order valence-corrected chi connectivity index (χ4v) is 4.71. The Hall–Kier alpha value is -1.30. The molecule has 2 aliphatic heterocycles. The van der Waals surface area contributed by atoms with E-state index in [-0.39, 0.29) is 35.1 Å². The lowest BCUT2D eigenvalue weighted by Gasteiger charge is -2.55. The molecule has 2 atom stereocenters. The molecule has 2 heterocycles. The van der Waals surface area contributed by atoms with Gasteiger partial charge >= 0.3 is 12.1 Å². The van der Waals surface area contributed by atoms with Gasteiger partial charge in [0, 0.05) is 30.2 Å². The maximum Gasteiger partial charge on any atom is 0.409 e. The van der Waals surface area contributed by atoms with Crippen molar-refractivity contribution in [3.8, 4) is 0 Å². The van der Waals surface area contributed by atoms with Crippen LogP contribution in [0.4, 0.5) is 4.79 Å². The third-order valence-electron chi connectivity index (χ3n) is 6.09. The van der Waals surface area contributed by atoms with Gasteiger partial charge in [-0.3, -0.25) is 9.69 Å². The lowest BCUT2D eigenvalue weighted by atomic mass is 9.78. The Labute approximate surface area is 151 Å². The van der Waals surface area contributed by atoms with Crippen molar-refractivity contribution >= 4 is 12.1 Å². The Morgan fingerprint density at radius 2 is 1.64 bits per heavy atom. The van der Waals surface area contributed by atoms with Crippen LogP contribution in [-0.4, -0.2) is 66.3 Å². The SMILES string of the molecule is COC(=O)[C@@H]1CCN(C(=O)OC)[C@@H](CN2C(C)(C)CCCC2(C)C)C1. The molecule has 2 aliphatic rings. The molecular weight excluding hydrogens is 320 g/mol. The quantitative estimate of drug-likeness (QED) is 0.729. The van der Waals surface area contributed by atoms with Crippen molar-refractivity contribution in [2.24, 2.45) is 5.92 Å². The van der Waals surface area contributed by atoms with Crippen molar-refractivity contribution in [1.82, 2.24) is 9.80 Å². The van der Waals surface area contributed by atoms with Gasteiger partial charge in [0.05, 0.1) is 20.1 Å². The summed E-state index contributed by atoms with van der Waals surface area (Å²) in [5.41, 5.74) is 0.142. The highest BCUT2D eigenvalue weighted by molar-refractivity contribution is 5.73. The monoisotopic (exact) mass is 354 g/mol. The molecule has 1 amide bonds. The number of rotatable bonds is 3. The average Bonchev–Trinajstić information content (AvgIpc) is 2.56. The highest BCUT2D eigenvalue weighted by atomic mass is 16.5. The topological polar surface area (TPSA) is 59.1 Å². The fourth-order valence-electron chi connectivity index (χ4n) is 4.71. The van der Waals surface area contributed by atoms with Crippen molar-refractivity contribution in [3.05, 3.63) is 0 Å². The zero-order chi connectivity index (χ0) is 18.8. The van der Waals surface area contributed by atoms with Gasteiger partial charge in [-0.05, 0) is 59.8 Å². The lowest BCUT2D eigenvalue weighted by Crippen LogP contribution is -2.63. The zero-order valence-electron chi connectivity index (χ0n) is 16.6. The normalized spacial score (nSPS) is 29.1. The van der Waals surface area contributed by atoms with E-state index in [1.54, 1.807) is 4.90 Å². The van der Waals surface area contributed by atoms with Crippen LogP contribution in [0.1, 0.15) is 59.8 Å². The summed E-state index contributed by atoms with van der Waals surface area (Å²) in [6.07, 6.45) is 4.45. The van der Waals surface area contributed by atoms with Crippen LogP contribution in [0.25, 0.3) is 0 Å². The largest absolute Gasteiger partial charge is 0.469 e. The molecule has 2 rings (SSSR count). The molecule has 144 valence electrons. The van der Waals surface area contributed by atoms with E-state index in [4.69, 9.17) is 9.47 Å². The molecular formula is C19H34N2O4. The minimum absolute atomic E-state index is 0.0399. The van der Waals surface area contributed by atoms with Gasteiger partial charge < -0.3 is 14.4 Å². The number of methoxy groups -OCH3 is 2. The van der Waals surface area contributed by atoms with Gasteiger partial charge in [0.15, 0.2) is 0 Å². The maximum atomic E-state index is 12.3. The van der Waals surface area contributed by atoms with Crippen LogP contribution in [0.3, 0.4) is 0 Å². The van der Waals surface area contributed by atoms with Crippen LogP contribution in [0.15, 0.2) is 0 Å². The molecule has 0 bridgehead atoms. The summed E-state index contributed by atoms with van der Waals surface area (Å²) in [6, 6.07) is -0.0399. The first-order chi connectivity index (χ1) is 11.6. The molecule has 0 radical (unpaired) electrons. The summed E-state index contributed by atoms with van der Waals surface area (Å²) in [7, 11) is 2.85. The van der Waals surface area contributed by atoms with Crippen LogP contribution in [-0.2, 0) is 14.3 Å². The second kappa shape index (κ2) is 7.52. The Balaban J connectivity index is 2.23. The van der Waals surface area contributed by atoms with E-state index >= 15 is 0 Å². The van der Waals surface area contributed by atoms with Crippen LogP contribution in [0.2, 0.25) is 0 Å². The smallest absolute Gasteiger partial charge is 0.409 e. The maximum absolute atomic E-state index is 12.3. The summed E-state index contributed by atoms with van der Waals surface area (Å²) in [6.45, 7) is 10.4. The minimum atomic E-state index is -0.305. The number of hydrogen-bond acceptors (Lipinski definition) is 5. The fraction of sp³-hybridized carbons (Fsp3) is 0.895. The molecule has 0 aromatic rings. The number of carbonyl (C=O) groups excluding carboxylic acids is 2. The second-order valence-electron chi connectivity index (χ2n) is 8.65. The number of amides is 1. The summed E-state index contributed by atoms with van der Waals surface area (Å²) >= 11 is 0. The molecule has 6 heteroatoms. The van der Waals surface area contributed by atoms with E-state index in [1.165, 1.54) is 20.6 Å². The molecule has 25 heavy (non-hydrogen) atoms. The first-order valence-corrected chi connectivity index (χ1v) is 9.32. The highest BCUT2D eigenvalue weighted by Gasteiger charge is 2.45. The van der Waals surface area contributed by atoms with Crippen molar-refractivity contribution in [3.63, 3.8) is 0 Å². The molecule has 6 nitrogen and oxygen atoms in total. The molecule has 0 unspecified atom stereocenters. The zero-order valence-corrected chi connectivity index (χ0v) is 16.6. The van der Waals surface area contributed by atoms with Crippen LogP contribution in [0, 0.1) is 5.92 Å². The number of esters is 1. The molecule has 0 aromatic heterocycles. The predicted octanol–water partition coefficient (Wildman–Crippen LogP) is 3.05. The van der Waals surface area contributed by atoms with E-state index in [1.807, 2.05) is 0 Å². The van der Waals surface area contributed by atoms with E-state index in [0.717, 1.165) is 19.4 Å². The number of nitrogens with zero attached hydrogens (tertiary/aromatic N) is 2. The second-order valence-corrected chi connectivity index (χ2v) is 8.65. The summed E-state index contributed by atoms with van der Waals surface area (Å²) in [5, 5.41) is 0. The number of ether oxygens (including phenoxy) is 2. The van der Waals surface area contributed by atoms with Crippen molar-refractivity contribution < 1.29 is 19.1 Å². The Bertz CT molecular complexity index is 488. The lowest BCUT2D eigenvalue weighted by molar-refractivity contribution is -0.148. The molecule has 0 N–H and O–H groups in total.